The van der Waals surface area contributed by atoms with E-state index in [9.17, 15) is 72.5 Å². The van der Waals surface area contributed by atoms with Crippen LogP contribution >= 0.6 is 0 Å². The lowest BCUT2D eigenvalue weighted by atomic mass is 9.96. The number of hydrogen-bond donors (Lipinski definition) is 5. The summed E-state index contributed by atoms with van der Waals surface area (Å²) < 4.78 is 150. The molecule has 0 saturated carbocycles. The Bertz CT molecular complexity index is 6010. The number of nitrogen functional groups attached to an aromatic ring is 3. The van der Waals surface area contributed by atoms with Crippen LogP contribution in [0.2, 0.25) is 0 Å². The number of aliphatic hydroxyl groups is 2. The van der Waals surface area contributed by atoms with E-state index >= 15 is 0 Å². The van der Waals surface area contributed by atoms with Crippen LogP contribution in [0.5, 0.6) is 0 Å². The number of carbonyl (C=O) groups excluding carboxylic acids is 3. The first-order valence-electron chi connectivity index (χ1n) is 37.2. The molecule has 1 aliphatic rings. The first-order chi connectivity index (χ1) is 56.2. The van der Waals surface area contributed by atoms with Crippen LogP contribution in [0, 0.1) is 88.9 Å². The molecule has 1 aliphatic heterocycles. The molecule has 616 valence electrons. The van der Waals surface area contributed by atoms with Gasteiger partial charge in [0.2, 0.25) is 10.0 Å². The second kappa shape index (κ2) is 36.0. The highest BCUT2D eigenvalue weighted by molar-refractivity contribution is 7.88. The monoisotopic (exact) mass is 1650 g/mol. The van der Waals surface area contributed by atoms with Gasteiger partial charge in [0, 0.05) is 92.0 Å². The zero-order valence-electron chi connectivity index (χ0n) is 65.9. The van der Waals surface area contributed by atoms with E-state index in [1.54, 1.807) is 68.6 Å². The number of piperidine rings is 1. The van der Waals surface area contributed by atoms with Crippen LogP contribution in [0.3, 0.4) is 0 Å². The minimum atomic E-state index is -4.55. The van der Waals surface area contributed by atoms with Crippen molar-refractivity contribution in [1.82, 2.24) is 63.6 Å². The summed E-state index contributed by atoms with van der Waals surface area (Å²) in [5.74, 6) is 17.6. The average molecular weight is 1650 g/mol. The maximum Gasteiger partial charge on any atom is 0.416 e. The van der Waals surface area contributed by atoms with Crippen molar-refractivity contribution in [1.29, 1.82) is 0 Å². The molecule has 6 aromatic heterocycles. The minimum absolute atomic E-state index is 0.000673. The Morgan fingerprint density at radius 3 is 1.06 bits per heavy atom. The quantitative estimate of drug-likeness (QED) is 0.0321. The van der Waals surface area contributed by atoms with Crippen molar-refractivity contribution in [2.45, 2.75) is 125 Å². The fourth-order valence-corrected chi connectivity index (χ4v) is 14.1. The highest BCUT2D eigenvalue weighted by atomic mass is 32.2. The van der Waals surface area contributed by atoms with Crippen molar-refractivity contribution < 1.29 is 72.5 Å². The van der Waals surface area contributed by atoms with E-state index in [0.717, 1.165) is 34.9 Å². The second-order valence-electron chi connectivity index (χ2n) is 29.3. The van der Waals surface area contributed by atoms with Gasteiger partial charge < -0.3 is 27.4 Å². The largest absolute Gasteiger partial charge is 0.416 e. The number of benzene rings is 6. The Morgan fingerprint density at radius 2 is 0.748 bits per heavy atom. The Labute approximate surface area is 678 Å². The van der Waals surface area contributed by atoms with Crippen LogP contribution in [-0.2, 0) is 60.9 Å². The minimum Gasteiger partial charge on any atom is -0.396 e. The lowest BCUT2D eigenvalue weighted by Crippen LogP contribution is -2.38. The van der Waals surface area contributed by atoms with Crippen LogP contribution in [0.25, 0.3) is 33.1 Å². The van der Waals surface area contributed by atoms with Crippen molar-refractivity contribution in [2.75, 3.05) is 49.8 Å². The van der Waals surface area contributed by atoms with Crippen LogP contribution in [0.4, 0.5) is 57.0 Å². The summed E-state index contributed by atoms with van der Waals surface area (Å²) in [5, 5.41) is 34.1. The van der Waals surface area contributed by atoms with Crippen molar-refractivity contribution >= 4 is 77.9 Å². The van der Waals surface area contributed by atoms with E-state index in [0.29, 0.717) is 123 Å². The van der Waals surface area contributed by atoms with E-state index in [4.69, 9.17) is 22.3 Å². The molecule has 0 amide bonds. The van der Waals surface area contributed by atoms with E-state index in [1.165, 1.54) is 86.7 Å². The van der Waals surface area contributed by atoms with Gasteiger partial charge in [-0.15, -0.1) is 0 Å². The Hall–Kier alpha value is -12.7. The van der Waals surface area contributed by atoms with Crippen molar-refractivity contribution in [2.24, 2.45) is 11.8 Å². The number of ketones is 3. The van der Waals surface area contributed by atoms with E-state index < -0.39 is 62.6 Å². The zero-order valence-corrected chi connectivity index (χ0v) is 66.7. The van der Waals surface area contributed by atoms with Crippen LogP contribution in [-0.4, -0.2) is 132 Å². The number of alkyl halides is 9. The van der Waals surface area contributed by atoms with Gasteiger partial charge in [-0.1, -0.05) is 104 Å². The van der Waals surface area contributed by atoms with Gasteiger partial charge in [0.05, 0.1) is 45.1 Å². The van der Waals surface area contributed by atoms with Crippen LogP contribution in [0.15, 0.2) is 128 Å². The standard InChI is InChI=1S/C30H29F3N6O3S.2C28H26F3N5O2/c1-18-4-6-20(15-26(40)22-7-5-19(2)24(16-22)30(31,32)33)14-21(18)8-9-25-27-28(34)35-17-36-29(27)39(37-25)23-10-12-38(13-11-23)43(3,41)42;2*1-16(14-37)13-36-27-25(26(32)33-15-34-27)23(35-36)9-8-20-10-19(6-4-17(20)2)11-24(38)21-7-5-18(3)22(12-21)28(29,30)31/h4-7,14,16-17,23H,10-13,15H2,1-3H3,(H2,34,35,36);2*4-7,10,12,15-16,37H,11,13-14H2,1-3H3,(H2,32,33,34)/t;2*16-/m.10/s1. The summed E-state index contributed by atoms with van der Waals surface area (Å²) >= 11 is 0. The first kappa shape index (κ1) is 87.1. The normalized spacial score (nSPS) is 13.2. The maximum atomic E-state index is 13.4. The molecule has 23 nitrogen and oxygen atoms in total. The molecular weight excluding hydrogens is 1570 g/mol. The number of anilines is 3. The van der Waals surface area contributed by atoms with Crippen LogP contribution in [0.1, 0.15) is 164 Å². The number of sulfonamides is 1. The molecule has 0 spiro atoms. The number of Topliss-reactive ketones (excluding diaryl/α,β-unsaturated/α-hetero) is 3. The predicted molar refractivity (Wildman–Crippen MR) is 431 cm³/mol. The summed E-state index contributed by atoms with van der Waals surface area (Å²) in [6.45, 7) is 14.9. The SMILES string of the molecule is Cc1ccc(CC(=O)c2ccc(C)c(C(F)(F)F)c2)cc1C#Cc1nn(C2CCN(S(C)(=O)=O)CC2)c2ncnc(N)c12.Cc1ccc(CC(=O)c2ccc(C)c(C(F)(F)F)c2)cc1C#Cc1nn(C[C@@H](C)CO)c2ncnc(N)c12.Cc1ccc(CC(=O)c2ccc(C)c(C(F)(F)F)c2)cc1C#Cc1nn(C[C@H](C)CO)c2ncnc(N)c12. The molecule has 2 atom stereocenters. The molecule has 0 unspecified atom stereocenters. The maximum absolute atomic E-state index is 13.4. The zero-order chi connectivity index (χ0) is 86.3. The van der Waals surface area contributed by atoms with Gasteiger partial charge in [-0.3, -0.25) is 14.4 Å². The van der Waals surface area contributed by atoms with E-state index in [2.05, 4.69) is 75.6 Å². The number of fused-ring (bicyclic) bond motifs is 3. The number of nitrogens with two attached hydrogens (primary N) is 3. The number of hydrogen-bond acceptors (Lipinski definition) is 19. The Morgan fingerprint density at radius 1 is 0.445 bits per heavy atom. The lowest BCUT2D eigenvalue weighted by Gasteiger charge is -2.30. The third-order valence-electron chi connectivity index (χ3n) is 20.0. The number of aromatic nitrogens is 12. The smallest absolute Gasteiger partial charge is 0.396 e. The molecule has 0 radical (unpaired) electrons. The molecule has 0 bridgehead atoms. The number of aliphatic hydroxyl groups excluding tert-OH is 2. The number of aryl methyl sites for hydroxylation is 6. The highest BCUT2D eigenvalue weighted by Gasteiger charge is 2.36. The summed E-state index contributed by atoms with van der Waals surface area (Å²) in [4.78, 5) is 63.7. The molecule has 1 fully saturated rings. The molecule has 1 saturated heterocycles. The molecule has 13 rings (SSSR count). The van der Waals surface area contributed by atoms with E-state index in [1.807, 2.05) is 34.6 Å². The number of carbonyl (C=O) groups is 3. The fourth-order valence-electron chi connectivity index (χ4n) is 13.2. The van der Waals surface area contributed by atoms with E-state index in [-0.39, 0.29) is 101 Å². The van der Waals surface area contributed by atoms with Crippen molar-refractivity contribution in [3.8, 4) is 35.5 Å². The summed E-state index contributed by atoms with van der Waals surface area (Å²) in [5.41, 5.74) is 25.0. The third kappa shape index (κ3) is 20.8. The average Bonchev–Trinajstić information content (AvgIpc) is 1.66. The number of halogens is 9. The third-order valence-corrected chi connectivity index (χ3v) is 21.3. The van der Waals surface area contributed by atoms with Gasteiger partial charge in [-0.05, 0) is 170 Å². The van der Waals surface area contributed by atoms with Gasteiger partial charge in [0.1, 0.15) is 53.5 Å². The summed E-state index contributed by atoms with van der Waals surface area (Å²) in [6.07, 6.45) is -7.57. The predicted octanol–water partition coefficient (Wildman–Crippen LogP) is 13.5. The summed E-state index contributed by atoms with van der Waals surface area (Å²) in [7, 11) is -3.29. The first-order valence-corrected chi connectivity index (χ1v) is 39.1. The molecule has 8 N–H and O–H groups in total. The molecule has 7 heterocycles. The number of nitrogens with zero attached hydrogens (tertiary/aromatic N) is 13. The molecular formula is C86H81F9N16O7S. The van der Waals surface area contributed by atoms with Gasteiger partial charge in [-0.2, -0.15) is 54.8 Å². The molecule has 33 heteroatoms. The lowest BCUT2D eigenvalue weighted by molar-refractivity contribution is -0.138. The Balaban J connectivity index is 0.000000175. The van der Waals surface area contributed by atoms with Gasteiger partial charge >= 0.3 is 18.5 Å². The van der Waals surface area contributed by atoms with Crippen LogP contribution < -0.4 is 17.2 Å². The molecule has 12 aromatic rings. The molecule has 0 aliphatic carbocycles. The van der Waals surface area contributed by atoms with Gasteiger partial charge in [0.25, 0.3) is 0 Å². The Kier molecular flexibility index (Phi) is 26.4. The van der Waals surface area contributed by atoms with Crippen molar-refractivity contribution in [3.63, 3.8) is 0 Å². The topological polar surface area (TPSA) is 338 Å². The van der Waals surface area contributed by atoms with Gasteiger partial charge in [0.15, 0.2) is 34.3 Å². The molecule has 6 aromatic carbocycles. The highest BCUT2D eigenvalue weighted by Crippen LogP contribution is 2.37. The summed E-state index contributed by atoms with van der Waals surface area (Å²) in [6, 6.07) is 26.6. The van der Waals surface area contributed by atoms with Crippen molar-refractivity contribution in [3.05, 3.63) is 245 Å². The van der Waals surface area contributed by atoms with Gasteiger partial charge in [-0.25, -0.2) is 56.7 Å². The number of rotatable bonds is 17. The fraction of sp³-hybridized carbons (Fsp3) is 0.302. The second-order valence-corrected chi connectivity index (χ2v) is 31.3. The molecule has 119 heavy (non-hydrogen) atoms.